The van der Waals surface area contributed by atoms with Crippen LogP contribution in [0.4, 0.5) is 18.9 Å². The third kappa shape index (κ3) is 5.00. The largest absolute Gasteiger partial charge is 0.416 e. The van der Waals surface area contributed by atoms with Crippen molar-refractivity contribution in [1.82, 2.24) is 10.3 Å². The molecular formula is C20H19F3N4O2. The number of carbonyl (C=O) groups excluding carboxylic acids is 1. The lowest BCUT2D eigenvalue weighted by Gasteiger charge is -2.26. The van der Waals surface area contributed by atoms with Crippen LogP contribution < -0.4 is 10.3 Å². The zero-order chi connectivity index (χ0) is 21.0. The predicted octanol–water partition coefficient (Wildman–Crippen LogP) is 2.75. The number of alkyl halides is 3. The molecule has 0 saturated heterocycles. The number of aliphatic hydroxyl groups excluding tert-OH is 1. The Balaban J connectivity index is 1.96. The summed E-state index contributed by atoms with van der Waals surface area (Å²) < 4.78 is 38.5. The van der Waals surface area contributed by atoms with Crippen LogP contribution in [0.1, 0.15) is 18.1 Å². The van der Waals surface area contributed by atoms with Crippen molar-refractivity contribution in [2.75, 3.05) is 18.2 Å². The molecule has 1 amide bonds. The van der Waals surface area contributed by atoms with E-state index in [1.54, 1.807) is 36.5 Å². The van der Waals surface area contributed by atoms with Gasteiger partial charge in [0.25, 0.3) is 0 Å². The zero-order valence-electron chi connectivity index (χ0n) is 15.5. The van der Waals surface area contributed by atoms with Crippen LogP contribution in [0.5, 0.6) is 0 Å². The average Bonchev–Trinajstić information content (AvgIpc) is 2.73. The number of rotatable bonds is 5. The standard InChI is InChI=1S/C20H19F3N4O2/c1-13(12-28)25-19(29)15-9-18(14-4-6-16(7-5-14)20(21,22)23)26-27(11-15)17-3-2-8-24-10-17/h2-10,13,28H,11-12H2,1H3,(H,25,29)/t13-/m0/s1. The SMILES string of the molecule is C[C@@H](CO)NC(=O)C1=CC(c2ccc(C(F)(F)F)cc2)=NN(c2cccnc2)C1. The molecule has 29 heavy (non-hydrogen) atoms. The molecule has 1 atom stereocenters. The van der Waals surface area contributed by atoms with Gasteiger partial charge in [0.1, 0.15) is 0 Å². The van der Waals surface area contributed by atoms with Crippen LogP contribution >= 0.6 is 0 Å². The van der Waals surface area contributed by atoms with Gasteiger partial charge in [0.15, 0.2) is 0 Å². The first-order chi connectivity index (χ1) is 13.8. The Hall–Kier alpha value is -3.20. The van der Waals surface area contributed by atoms with Crippen LogP contribution in [0.2, 0.25) is 0 Å². The number of hydrogen-bond acceptors (Lipinski definition) is 5. The topological polar surface area (TPSA) is 77.8 Å². The molecule has 2 N–H and O–H groups in total. The Morgan fingerprint density at radius 2 is 2.00 bits per heavy atom. The number of aliphatic hydroxyl groups is 1. The molecule has 0 saturated carbocycles. The molecule has 1 aromatic heterocycles. The second-order valence-electron chi connectivity index (χ2n) is 6.56. The molecule has 0 spiro atoms. The van der Waals surface area contributed by atoms with Crippen molar-refractivity contribution in [3.8, 4) is 0 Å². The average molecular weight is 404 g/mol. The maximum Gasteiger partial charge on any atom is 0.416 e. The third-order valence-electron chi connectivity index (χ3n) is 4.25. The Morgan fingerprint density at radius 3 is 2.59 bits per heavy atom. The molecule has 0 fully saturated rings. The van der Waals surface area contributed by atoms with E-state index in [-0.39, 0.29) is 19.1 Å². The monoisotopic (exact) mass is 404 g/mol. The molecule has 1 aliphatic rings. The lowest BCUT2D eigenvalue weighted by Crippen LogP contribution is -2.40. The van der Waals surface area contributed by atoms with E-state index in [0.29, 0.717) is 22.5 Å². The summed E-state index contributed by atoms with van der Waals surface area (Å²) in [6, 6.07) is 7.62. The molecule has 1 aliphatic heterocycles. The molecule has 152 valence electrons. The molecule has 0 radical (unpaired) electrons. The predicted molar refractivity (Wildman–Crippen MR) is 102 cm³/mol. The molecule has 3 rings (SSSR count). The summed E-state index contributed by atoms with van der Waals surface area (Å²) in [6.45, 7) is 1.59. The summed E-state index contributed by atoms with van der Waals surface area (Å²) in [5, 5.41) is 17.9. The highest BCUT2D eigenvalue weighted by Gasteiger charge is 2.30. The lowest BCUT2D eigenvalue weighted by molar-refractivity contribution is -0.137. The van der Waals surface area contributed by atoms with E-state index in [1.807, 2.05) is 0 Å². The van der Waals surface area contributed by atoms with Crippen LogP contribution in [-0.2, 0) is 11.0 Å². The summed E-state index contributed by atoms with van der Waals surface area (Å²) in [7, 11) is 0. The van der Waals surface area contributed by atoms with Crippen LogP contribution in [0.25, 0.3) is 0 Å². The highest BCUT2D eigenvalue weighted by Crippen LogP contribution is 2.29. The van der Waals surface area contributed by atoms with Gasteiger partial charge in [-0.05, 0) is 37.3 Å². The van der Waals surface area contributed by atoms with Crippen LogP contribution in [0.15, 0.2) is 65.5 Å². The van der Waals surface area contributed by atoms with Gasteiger partial charge in [-0.2, -0.15) is 18.3 Å². The minimum Gasteiger partial charge on any atom is -0.394 e. The Labute approximate surface area is 165 Å². The van der Waals surface area contributed by atoms with Gasteiger partial charge < -0.3 is 10.4 Å². The number of pyridine rings is 1. The van der Waals surface area contributed by atoms with Crippen molar-refractivity contribution in [3.05, 3.63) is 71.6 Å². The van der Waals surface area contributed by atoms with Gasteiger partial charge in [0.2, 0.25) is 5.91 Å². The van der Waals surface area contributed by atoms with Gasteiger partial charge in [0, 0.05) is 23.4 Å². The smallest absolute Gasteiger partial charge is 0.394 e. The second-order valence-corrected chi connectivity index (χ2v) is 6.56. The number of amides is 1. The number of hydrazone groups is 1. The van der Waals surface area contributed by atoms with Crippen molar-refractivity contribution < 1.29 is 23.1 Å². The summed E-state index contributed by atoms with van der Waals surface area (Å²) >= 11 is 0. The second kappa shape index (κ2) is 8.44. The van der Waals surface area contributed by atoms with Crippen LogP contribution in [0, 0.1) is 0 Å². The van der Waals surface area contributed by atoms with E-state index >= 15 is 0 Å². The number of carbonyl (C=O) groups is 1. The number of hydrogen-bond donors (Lipinski definition) is 2. The summed E-state index contributed by atoms with van der Waals surface area (Å²) in [5.41, 5.74) is 1.01. The van der Waals surface area contributed by atoms with Crippen molar-refractivity contribution in [2.24, 2.45) is 5.10 Å². The third-order valence-corrected chi connectivity index (χ3v) is 4.25. The summed E-state index contributed by atoms with van der Waals surface area (Å²) in [5.74, 6) is -0.389. The molecule has 0 aliphatic carbocycles. The van der Waals surface area contributed by atoms with E-state index < -0.39 is 17.8 Å². The molecule has 0 unspecified atom stereocenters. The van der Waals surface area contributed by atoms with Gasteiger partial charge in [-0.25, -0.2) is 0 Å². The van der Waals surface area contributed by atoms with Crippen LogP contribution in [0.3, 0.4) is 0 Å². The minimum absolute atomic E-state index is 0.153. The van der Waals surface area contributed by atoms with E-state index in [9.17, 15) is 18.0 Å². The Kier molecular flexibility index (Phi) is 5.97. The number of allylic oxidation sites excluding steroid dienone is 1. The summed E-state index contributed by atoms with van der Waals surface area (Å²) in [6.07, 6.45) is 0.274. The number of nitrogens with zero attached hydrogens (tertiary/aromatic N) is 3. The Morgan fingerprint density at radius 1 is 1.28 bits per heavy atom. The van der Waals surface area contributed by atoms with Crippen LogP contribution in [-0.4, -0.2) is 40.9 Å². The van der Waals surface area contributed by atoms with Gasteiger partial charge >= 0.3 is 6.18 Å². The Bertz CT molecular complexity index is 925. The quantitative estimate of drug-likeness (QED) is 0.804. The first-order valence-corrected chi connectivity index (χ1v) is 8.84. The fourth-order valence-corrected chi connectivity index (χ4v) is 2.69. The molecule has 2 heterocycles. The lowest BCUT2D eigenvalue weighted by atomic mass is 10.0. The number of aromatic nitrogens is 1. The van der Waals surface area contributed by atoms with Gasteiger partial charge in [0.05, 0.1) is 36.3 Å². The van der Waals surface area contributed by atoms with E-state index in [0.717, 1.165) is 12.1 Å². The van der Waals surface area contributed by atoms with E-state index in [2.05, 4.69) is 15.4 Å². The van der Waals surface area contributed by atoms with E-state index in [4.69, 9.17) is 5.11 Å². The molecule has 6 nitrogen and oxygen atoms in total. The van der Waals surface area contributed by atoms with Crippen molar-refractivity contribution in [2.45, 2.75) is 19.1 Å². The summed E-state index contributed by atoms with van der Waals surface area (Å²) in [4.78, 5) is 16.6. The van der Waals surface area contributed by atoms with Gasteiger partial charge in [-0.1, -0.05) is 12.1 Å². The first-order valence-electron chi connectivity index (χ1n) is 8.84. The molecule has 9 heteroatoms. The zero-order valence-corrected chi connectivity index (χ0v) is 15.5. The van der Waals surface area contributed by atoms with E-state index in [1.165, 1.54) is 18.2 Å². The fourth-order valence-electron chi connectivity index (χ4n) is 2.69. The van der Waals surface area contributed by atoms with Gasteiger partial charge in [-0.15, -0.1) is 0 Å². The highest BCUT2D eigenvalue weighted by atomic mass is 19.4. The van der Waals surface area contributed by atoms with Crippen molar-refractivity contribution in [1.29, 1.82) is 0 Å². The number of benzene rings is 1. The molecular weight excluding hydrogens is 385 g/mol. The maximum atomic E-state index is 12.8. The van der Waals surface area contributed by atoms with Gasteiger partial charge in [-0.3, -0.25) is 14.8 Å². The molecule has 1 aromatic carbocycles. The fraction of sp³-hybridized carbons (Fsp3) is 0.250. The highest BCUT2D eigenvalue weighted by molar-refractivity contribution is 6.14. The number of halogens is 3. The normalized spacial score (nSPS) is 15.4. The van der Waals surface area contributed by atoms with Crippen molar-refractivity contribution >= 4 is 17.3 Å². The first kappa shape index (κ1) is 20.5. The maximum absolute atomic E-state index is 12.8. The minimum atomic E-state index is -4.43. The number of anilines is 1. The molecule has 2 aromatic rings. The number of nitrogens with one attached hydrogen (secondary N) is 1. The van der Waals surface area contributed by atoms with Crippen molar-refractivity contribution in [3.63, 3.8) is 0 Å². The molecule has 0 bridgehead atoms.